The SMILES string of the molecule is Cc1ccc(CC(CN)C(=O)N2CCCCC2)c(C)c1. The standard InChI is InChI=1S/C17H26N2O/c1-13-6-7-15(14(2)10-13)11-16(12-18)17(20)19-8-4-3-5-9-19/h6-7,10,16H,3-5,8-9,11-12,18H2,1-2H3. The summed E-state index contributed by atoms with van der Waals surface area (Å²) in [6, 6.07) is 6.42. The van der Waals surface area contributed by atoms with Crippen LogP contribution in [0.5, 0.6) is 0 Å². The van der Waals surface area contributed by atoms with Crippen molar-refractivity contribution in [3.05, 3.63) is 34.9 Å². The average molecular weight is 274 g/mol. The molecule has 3 heteroatoms. The maximum atomic E-state index is 12.6. The minimum Gasteiger partial charge on any atom is -0.342 e. The fourth-order valence-electron chi connectivity index (χ4n) is 2.98. The lowest BCUT2D eigenvalue weighted by atomic mass is 9.93. The van der Waals surface area contributed by atoms with Crippen LogP contribution in [-0.2, 0) is 11.2 Å². The zero-order valence-corrected chi connectivity index (χ0v) is 12.7. The third-order valence-corrected chi connectivity index (χ3v) is 4.27. The molecule has 1 unspecified atom stereocenters. The van der Waals surface area contributed by atoms with Crippen molar-refractivity contribution in [2.75, 3.05) is 19.6 Å². The molecule has 1 aliphatic heterocycles. The van der Waals surface area contributed by atoms with Crippen molar-refractivity contribution in [1.82, 2.24) is 4.90 Å². The monoisotopic (exact) mass is 274 g/mol. The van der Waals surface area contributed by atoms with Crippen LogP contribution in [-0.4, -0.2) is 30.4 Å². The number of rotatable bonds is 4. The summed E-state index contributed by atoms with van der Waals surface area (Å²) in [5.41, 5.74) is 9.63. The molecule has 3 nitrogen and oxygen atoms in total. The lowest BCUT2D eigenvalue weighted by Crippen LogP contribution is -2.42. The van der Waals surface area contributed by atoms with Crippen molar-refractivity contribution in [2.24, 2.45) is 11.7 Å². The summed E-state index contributed by atoms with van der Waals surface area (Å²) in [4.78, 5) is 14.6. The molecule has 1 saturated heterocycles. The third-order valence-electron chi connectivity index (χ3n) is 4.27. The zero-order valence-electron chi connectivity index (χ0n) is 12.7. The van der Waals surface area contributed by atoms with Crippen LogP contribution in [0.3, 0.4) is 0 Å². The van der Waals surface area contributed by atoms with Gasteiger partial charge in [0.05, 0.1) is 5.92 Å². The van der Waals surface area contributed by atoms with Crippen LogP contribution in [0.15, 0.2) is 18.2 Å². The Balaban J connectivity index is 2.05. The van der Waals surface area contributed by atoms with Gasteiger partial charge >= 0.3 is 0 Å². The maximum absolute atomic E-state index is 12.6. The number of carbonyl (C=O) groups excluding carboxylic acids is 1. The summed E-state index contributed by atoms with van der Waals surface area (Å²) >= 11 is 0. The third kappa shape index (κ3) is 3.60. The number of hydrogen-bond donors (Lipinski definition) is 1. The predicted molar refractivity (Wildman–Crippen MR) is 82.6 cm³/mol. The van der Waals surface area contributed by atoms with E-state index in [-0.39, 0.29) is 11.8 Å². The van der Waals surface area contributed by atoms with E-state index in [2.05, 4.69) is 32.0 Å². The number of nitrogens with two attached hydrogens (primary N) is 1. The molecule has 20 heavy (non-hydrogen) atoms. The van der Waals surface area contributed by atoms with Gasteiger partial charge in [0.25, 0.3) is 0 Å². The van der Waals surface area contributed by atoms with E-state index in [1.807, 2.05) is 4.90 Å². The van der Waals surface area contributed by atoms with Crippen molar-refractivity contribution in [1.29, 1.82) is 0 Å². The minimum absolute atomic E-state index is 0.0745. The number of aryl methyl sites for hydroxylation is 2. The molecule has 0 spiro atoms. The second-order valence-electron chi connectivity index (χ2n) is 5.95. The summed E-state index contributed by atoms with van der Waals surface area (Å²) in [6.45, 7) is 6.45. The first-order valence-electron chi connectivity index (χ1n) is 7.67. The van der Waals surface area contributed by atoms with Crippen LogP contribution in [0.4, 0.5) is 0 Å². The molecule has 0 aromatic heterocycles. The summed E-state index contributed by atoms with van der Waals surface area (Å²) in [5.74, 6) is 0.168. The van der Waals surface area contributed by atoms with Gasteiger partial charge in [-0.1, -0.05) is 23.8 Å². The second-order valence-corrected chi connectivity index (χ2v) is 5.95. The lowest BCUT2D eigenvalue weighted by molar-refractivity contribution is -0.136. The topological polar surface area (TPSA) is 46.3 Å². The van der Waals surface area contributed by atoms with E-state index in [0.717, 1.165) is 32.4 Å². The number of nitrogens with zero attached hydrogens (tertiary/aromatic N) is 1. The van der Waals surface area contributed by atoms with Gasteiger partial charge in [0.2, 0.25) is 5.91 Å². The van der Waals surface area contributed by atoms with Gasteiger partial charge in [-0.3, -0.25) is 4.79 Å². The lowest BCUT2D eigenvalue weighted by Gasteiger charge is -2.30. The van der Waals surface area contributed by atoms with E-state index < -0.39 is 0 Å². The maximum Gasteiger partial charge on any atom is 0.227 e. The molecule has 0 bridgehead atoms. The molecule has 1 aromatic carbocycles. The highest BCUT2D eigenvalue weighted by molar-refractivity contribution is 5.79. The first kappa shape index (κ1) is 15.0. The second kappa shape index (κ2) is 6.89. The average Bonchev–Trinajstić information content (AvgIpc) is 2.47. The zero-order chi connectivity index (χ0) is 14.5. The Bertz CT molecular complexity index is 464. The molecule has 0 saturated carbocycles. The van der Waals surface area contributed by atoms with E-state index in [4.69, 9.17) is 5.73 Å². The van der Waals surface area contributed by atoms with Crippen LogP contribution in [0.25, 0.3) is 0 Å². The normalized spacial score (nSPS) is 17.1. The Morgan fingerprint density at radius 2 is 1.95 bits per heavy atom. The Morgan fingerprint density at radius 3 is 2.55 bits per heavy atom. The van der Waals surface area contributed by atoms with Gasteiger partial charge in [0, 0.05) is 19.6 Å². The highest BCUT2D eigenvalue weighted by Gasteiger charge is 2.25. The minimum atomic E-state index is -0.0745. The van der Waals surface area contributed by atoms with E-state index >= 15 is 0 Å². The van der Waals surface area contributed by atoms with E-state index in [9.17, 15) is 4.79 Å². The van der Waals surface area contributed by atoms with Crippen molar-refractivity contribution >= 4 is 5.91 Å². The van der Waals surface area contributed by atoms with Gasteiger partial charge in [-0.05, 0) is 50.7 Å². The Morgan fingerprint density at radius 1 is 1.25 bits per heavy atom. The van der Waals surface area contributed by atoms with Crippen LogP contribution in [0.2, 0.25) is 0 Å². The molecule has 110 valence electrons. The van der Waals surface area contributed by atoms with Gasteiger partial charge in [0.1, 0.15) is 0 Å². The molecular formula is C17H26N2O. The van der Waals surface area contributed by atoms with Crippen molar-refractivity contribution in [3.63, 3.8) is 0 Å². The molecule has 2 rings (SSSR count). The summed E-state index contributed by atoms with van der Waals surface area (Å²) in [5, 5.41) is 0. The van der Waals surface area contributed by atoms with Crippen LogP contribution in [0.1, 0.15) is 36.0 Å². The Labute approximate surface area is 122 Å². The van der Waals surface area contributed by atoms with Crippen LogP contribution in [0, 0.1) is 19.8 Å². The number of hydrogen-bond acceptors (Lipinski definition) is 2. The molecule has 1 aromatic rings. The van der Waals surface area contributed by atoms with Crippen LogP contribution >= 0.6 is 0 Å². The largest absolute Gasteiger partial charge is 0.342 e. The Hall–Kier alpha value is -1.35. The molecule has 1 amide bonds. The quantitative estimate of drug-likeness (QED) is 0.916. The molecule has 1 atom stereocenters. The van der Waals surface area contributed by atoms with E-state index in [1.54, 1.807) is 0 Å². The predicted octanol–water partition coefficient (Wildman–Crippen LogP) is 2.43. The highest BCUT2D eigenvalue weighted by atomic mass is 16.2. The first-order chi connectivity index (χ1) is 9.61. The molecule has 0 radical (unpaired) electrons. The fourth-order valence-corrected chi connectivity index (χ4v) is 2.98. The van der Waals surface area contributed by atoms with E-state index in [0.29, 0.717) is 6.54 Å². The molecule has 1 heterocycles. The first-order valence-corrected chi connectivity index (χ1v) is 7.67. The molecule has 1 fully saturated rings. The number of amides is 1. The van der Waals surface area contributed by atoms with Gasteiger partial charge < -0.3 is 10.6 Å². The molecule has 0 aliphatic carbocycles. The van der Waals surface area contributed by atoms with Gasteiger partial charge in [0.15, 0.2) is 0 Å². The van der Waals surface area contributed by atoms with Crippen molar-refractivity contribution in [3.8, 4) is 0 Å². The van der Waals surface area contributed by atoms with Gasteiger partial charge in [-0.25, -0.2) is 0 Å². The van der Waals surface area contributed by atoms with Crippen LogP contribution < -0.4 is 5.73 Å². The molecule has 1 aliphatic rings. The van der Waals surface area contributed by atoms with Gasteiger partial charge in [-0.15, -0.1) is 0 Å². The summed E-state index contributed by atoms with van der Waals surface area (Å²) < 4.78 is 0. The highest BCUT2D eigenvalue weighted by Crippen LogP contribution is 2.18. The number of likely N-dealkylation sites (tertiary alicyclic amines) is 1. The smallest absolute Gasteiger partial charge is 0.227 e. The molecular weight excluding hydrogens is 248 g/mol. The Kier molecular flexibility index (Phi) is 5.18. The number of piperidine rings is 1. The molecule has 2 N–H and O–H groups in total. The number of carbonyl (C=O) groups is 1. The van der Waals surface area contributed by atoms with E-state index in [1.165, 1.54) is 23.1 Å². The summed E-state index contributed by atoms with van der Waals surface area (Å²) in [6.07, 6.45) is 4.27. The summed E-state index contributed by atoms with van der Waals surface area (Å²) in [7, 11) is 0. The van der Waals surface area contributed by atoms with Crippen molar-refractivity contribution in [2.45, 2.75) is 39.5 Å². The van der Waals surface area contributed by atoms with Gasteiger partial charge in [-0.2, -0.15) is 0 Å². The van der Waals surface area contributed by atoms with Crippen molar-refractivity contribution < 1.29 is 4.79 Å². The fraction of sp³-hybridized carbons (Fsp3) is 0.588. The number of benzene rings is 1.